The molecule has 2 N–H and O–H groups in total. The quantitative estimate of drug-likeness (QED) is 0.499. The zero-order chi connectivity index (χ0) is 21.9. The molecule has 0 radical (unpaired) electrons. The number of fused-ring (bicyclic) bond motifs is 1. The maximum atomic E-state index is 6.28. The summed E-state index contributed by atoms with van der Waals surface area (Å²) in [7, 11) is 3.49. The molecule has 162 valence electrons. The normalized spacial score (nSPS) is 15.4. The average Bonchev–Trinajstić information content (AvgIpc) is 3.14. The van der Waals surface area contributed by atoms with Crippen LogP contribution in [0.15, 0.2) is 67.0 Å². The van der Waals surface area contributed by atoms with Crippen LogP contribution in [0.5, 0.6) is 11.8 Å². The predicted octanol–water partition coefficient (Wildman–Crippen LogP) is 3.85. The van der Waals surface area contributed by atoms with Crippen molar-refractivity contribution in [2.75, 3.05) is 19.0 Å². The van der Waals surface area contributed by atoms with Crippen LogP contribution in [0.2, 0.25) is 0 Å². The van der Waals surface area contributed by atoms with Crippen molar-refractivity contribution in [1.82, 2.24) is 25.1 Å². The maximum absolute atomic E-state index is 6.28. The van der Waals surface area contributed by atoms with E-state index in [1.165, 1.54) is 0 Å². The van der Waals surface area contributed by atoms with Gasteiger partial charge in [-0.15, -0.1) is 0 Å². The van der Waals surface area contributed by atoms with E-state index in [1.54, 1.807) is 18.0 Å². The number of ether oxygens (including phenoxy) is 2. The highest BCUT2D eigenvalue weighted by Gasteiger charge is 2.20. The van der Waals surface area contributed by atoms with Gasteiger partial charge in [-0.25, -0.2) is 0 Å². The molecule has 4 heterocycles. The van der Waals surface area contributed by atoms with Crippen LogP contribution in [-0.2, 0) is 13.6 Å². The Kier molecular flexibility index (Phi) is 5.43. The minimum Gasteiger partial charge on any atom is -0.480 e. The molecular weight excluding hydrogens is 404 g/mol. The Labute approximate surface area is 186 Å². The number of rotatable bonds is 5. The van der Waals surface area contributed by atoms with Crippen LogP contribution in [-0.4, -0.2) is 33.4 Å². The van der Waals surface area contributed by atoms with E-state index < -0.39 is 0 Å². The summed E-state index contributed by atoms with van der Waals surface area (Å²) in [6.45, 7) is 1.43. The Morgan fingerprint density at radius 1 is 1.06 bits per heavy atom. The van der Waals surface area contributed by atoms with Crippen molar-refractivity contribution in [3.05, 3.63) is 78.1 Å². The SMILES string of the molecule is COc1nc(Nc2ccc3c(n2)O[C@H](c2ccccc2)CNC3)ccc1-c1cnn(C)c1. The summed E-state index contributed by atoms with van der Waals surface area (Å²) in [6.07, 6.45) is 3.61. The third-order valence-corrected chi connectivity index (χ3v) is 5.34. The van der Waals surface area contributed by atoms with Gasteiger partial charge >= 0.3 is 0 Å². The van der Waals surface area contributed by atoms with Gasteiger partial charge in [0.1, 0.15) is 17.7 Å². The molecule has 1 aliphatic heterocycles. The number of benzene rings is 1. The molecule has 0 unspecified atom stereocenters. The van der Waals surface area contributed by atoms with E-state index in [4.69, 9.17) is 14.5 Å². The van der Waals surface area contributed by atoms with E-state index in [2.05, 4.69) is 32.8 Å². The van der Waals surface area contributed by atoms with E-state index in [1.807, 2.05) is 55.7 Å². The van der Waals surface area contributed by atoms with Crippen LogP contribution < -0.4 is 20.1 Å². The van der Waals surface area contributed by atoms with Crippen molar-refractivity contribution < 1.29 is 9.47 Å². The number of aromatic nitrogens is 4. The second-order valence-corrected chi connectivity index (χ2v) is 7.59. The second kappa shape index (κ2) is 8.68. The largest absolute Gasteiger partial charge is 0.480 e. The van der Waals surface area contributed by atoms with Crippen LogP contribution in [0.4, 0.5) is 11.6 Å². The lowest BCUT2D eigenvalue weighted by atomic mass is 10.1. The van der Waals surface area contributed by atoms with Gasteiger partial charge in [0.05, 0.1) is 13.3 Å². The summed E-state index contributed by atoms with van der Waals surface area (Å²) in [5, 5.41) is 10.9. The van der Waals surface area contributed by atoms with Crippen LogP contribution in [0, 0.1) is 0 Å². The first-order chi connectivity index (χ1) is 15.7. The molecule has 0 saturated heterocycles. The highest BCUT2D eigenvalue weighted by molar-refractivity contribution is 5.70. The fraction of sp³-hybridized carbons (Fsp3) is 0.208. The Morgan fingerprint density at radius 3 is 2.66 bits per heavy atom. The molecule has 0 amide bonds. The van der Waals surface area contributed by atoms with E-state index in [0.717, 1.165) is 28.8 Å². The second-order valence-electron chi connectivity index (χ2n) is 7.59. The minimum atomic E-state index is -0.0998. The van der Waals surface area contributed by atoms with Gasteiger partial charge in [-0.05, 0) is 29.8 Å². The smallest absolute Gasteiger partial charge is 0.223 e. The molecule has 0 bridgehead atoms. The van der Waals surface area contributed by atoms with Gasteiger partial charge < -0.3 is 20.1 Å². The van der Waals surface area contributed by atoms with E-state index in [9.17, 15) is 0 Å². The highest BCUT2D eigenvalue weighted by Crippen LogP contribution is 2.31. The van der Waals surface area contributed by atoms with Crippen molar-refractivity contribution in [1.29, 1.82) is 0 Å². The molecule has 8 nitrogen and oxygen atoms in total. The summed E-state index contributed by atoms with van der Waals surface area (Å²) < 4.78 is 13.5. The number of pyridine rings is 2. The number of nitrogens with one attached hydrogen (secondary N) is 2. The Hall–Kier alpha value is -3.91. The molecule has 8 heteroatoms. The predicted molar refractivity (Wildman–Crippen MR) is 122 cm³/mol. The molecule has 5 rings (SSSR count). The Balaban J connectivity index is 1.39. The van der Waals surface area contributed by atoms with Crippen LogP contribution in [0.25, 0.3) is 11.1 Å². The zero-order valence-electron chi connectivity index (χ0n) is 17.9. The monoisotopic (exact) mass is 428 g/mol. The molecular formula is C24H24N6O2. The molecule has 1 atom stereocenters. The number of hydrogen-bond donors (Lipinski definition) is 2. The summed E-state index contributed by atoms with van der Waals surface area (Å²) in [4.78, 5) is 9.32. The highest BCUT2D eigenvalue weighted by atomic mass is 16.5. The number of hydrogen-bond acceptors (Lipinski definition) is 7. The van der Waals surface area contributed by atoms with Crippen LogP contribution in [0.1, 0.15) is 17.2 Å². The fourth-order valence-electron chi connectivity index (χ4n) is 3.72. The van der Waals surface area contributed by atoms with Crippen molar-refractivity contribution >= 4 is 11.6 Å². The molecule has 3 aromatic heterocycles. The number of anilines is 2. The van der Waals surface area contributed by atoms with Gasteiger partial charge in [-0.2, -0.15) is 15.1 Å². The fourth-order valence-corrected chi connectivity index (χ4v) is 3.72. The van der Waals surface area contributed by atoms with E-state index in [-0.39, 0.29) is 6.10 Å². The molecule has 0 saturated carbocycles. The molecule has 32 heavy (non-hydrogen) atoms. The molecule has 4 aromatic rings. The van der Waals surface area contributed by atoms with Crippen molar-refractivity contribution in [3.63, 3.8) is 0 Å². The van der Waals surface area contributed by atoms with Gasteiger partial charge in [-0.3, -0.25) is 4.68 Å². The third kappa shape index (κ3) is 4.13. The molecule has 0 aliphatic carbocycles. The molecule has 1 aliphatic rings. The Bertz CT molecular complexity index is 1220. The van der Waals surface area contributed by atoms with E-state index >= 15 is 0 Å². The average molecular weight is 428 g/mol. The van der Waals surface area contributed by atoms with Crippen LogP contribution >= 0.6 is 0 Å². The zero-order valence-corrected chi connectivity index (χ0v) is 17.9. The summed E-state index contributed by atoms with van der Waals surface area (Å²) in [5.74, 6) is 2.42. The first kappa shape index (κ1) is 20.0. The van der Waals surface area contributed by atoms with Gasteiger partial charge in [0.25, 0.3) is 0 Å². The van der Waals surface area contributed by atoms with Gasteiger partial charge in [0.15, 0.2) is 0 Å². The van der Waals surface area contributed by atoms with Gasteiger partial charge in [0, 0.05) is 43.0 Å². The number of nitrogens with zero attached hydrogens (tertiary/aromatic N) is 4. The third-order valence-electron chi connectivity index (χ3n) is 5.34. The number of aryl methyl sites for hydroxylation is 1. The lowest BCUT2D eigenvalue weighted by Crippen LogP contribution is -2.21. The Morgan fingerprint density at radius 2 is 1.88 bits per heavy atom. The number of methoxy groups -OCH3 is 1. The van der Waals surface area contributed by atoms with Crippen molar-refractivity contribution in [2.45, 2.75) is 12.6 Å². The molecule has 0 fully saturated rings. The lowest BCUT2D eigenvalue weighted by Gasteiger charge is -2.17. The van der Waals surface area contributed by atoms with Gasteiger partial charge in [0.2, 0.25) is 11.8 Å². The summed E-state index contributed by atoms with van der Waals surface area (Å²) in [6, 6.07) is 18.0. The summed E-state index contributed by atoms with van der Waals surface area (Å²) >= 11 is 0. The van der Waals surface area contributed by atoms with Crippen molar-refractivity contribution in [2.24, 2.45) is 7.05 Å². The minimum absolute atomic E-state index is 0.0998. The molecule has 1 aromatic carbocycles. The standard InChI is InChI=1S/C24H24N6O2/c1-30-15-18(13-26-30)19-9-11-22(29-24(19)31-2)27-21-10-8-17-12-25-14-20(32-23(17)28-21)16-6-4-3-5-7-16/h3-11,13,15,20,25H,12,14H2,1-2H3,(H,27,28,29)/t20-/m0/s1. The first-order valence-corrected chi connectivity index (χ1v) is 10.4. The van der Waals surface area contributed by atoms with Crippen LogP contribution in [0.3, 0.4) is 0 Å². The topological polar surface area (TPSA) is 86.1 Å². The maximum Gasteiger partial charge on any atom is 0.223 e. The van der Waals surface area contributed by atoms with E-state index in [0.29, 0.717) is 29.9 Å². The molecule has 0 spiro atoms. The van der Waals surface area contributed by atoms with Crippen molar-refractivity contribution in [3.8, 4) is 22.9 Å². The summed E-state index contributed by atoms with van der Waals surface area (Å²) in [5.41, 5.74) is 3.96. The lowest BCUT2D eigenvalue weighted by molar-refractivity contribution is 0.202. The first-order valence-electron chi connectivity index (χ1n) is 10.4. The van der Waals surface area contributed by atoms with Gasteiger partial charge in [-0.1, -0.05) is 30.3 Å².